The Morgan fingerprint density at radius 1 is 0.680 bits per heavy atom. The number of rotatable bonds is 4. The molecule has 3 aromatic carbocycles. The fourth-order valence-corrected chi connectivity index (χ4v) is 4.41. The lowest BCUT2D eigenvalue weighted by Crippen LogP contribution is -2.20. The molecule has 0 heterocycles. The van der Waals surface area contributed by atoms with Crippen molar-refractivity contribution in [1.82, 2.24) is 0 Å². The zero-order chi connectivity index (χ0) is 17.9. The average Bonchev–Trinajstić information content (AvgIpc) is 2.63. The second kappa shape index (κ2) is 6.77. The minimum absolute atomic E-state index is 0.115. The zero-order valence-corrected chi connectivity index (χ0v) is 13.9. The molecule has 0 saturated heterocycles. The molecule has 25 heavy (non-hydrogen) atoms. The molecule has 0 spiro atoms. The van der Waals surface area contributed by atoms with Gasteiger partial charge >= 0.3 is 13.5 Å². The van der Waals surface area contributed by atoms with Crippen LogP contribution in [0.3, 0.4) is 0 Å². The number of alkyl halides is 3. The van der Waals surface area contributed by atoms with Crippen LogP contribution in [-0.2, 0) is 10.7 Å². The van der Waals surface area contributed by atoms with Crippen molar-refractivity contribution in [3.8, 4) is 5.75 Å². The number of benzene rings is 3. The van der Waals surface area contributed by atoms with Gasteiger partial charge in [0, 0.05) is 0 Å². The highest BCUT2D eigenvalue weighted by molar-refractivity contribution is 7.74. The molecule has 3 aromatic rings. The SMILES string of the molecule is O=P(Oc1ccc(C(F)(F)F)cc1)(c1ccccc1)c1ccccc1. The van der Waals surface area contributed by atoms with Crippen molar-refractivity contribution < 1.29 is 22.3 Å². The average molecular weight is 362 g/mol. The summed E-state index contributed by atoms with van der Waals surface area (Å²) in [6, 6.07) is 21.4. The van der Waals surface area contributed by atoms with Gasteiger partial charge in [-0.05, 0) is 48.5 Å². The predicted octanol–water partition coefficient (Wildman–Crippen LogP) is 5.01. The Kier molecular flexibility index (Phi) is 4.69. The minimum Gasteiger partial charge on any atom is -0.437 e. The van der Waals surface area contributed by atoms with Gasteiger partial charge in [-0.25, -0.2) is 0 Å². The quantitative estimate of drug-likeness (QED) is 0.610. The standard InChI is InChI=1S/C19H14F3O2P/c20-19(21,22)15-11-13-16(14-12-15)24-25(23,17-7-3-1-4-8-17)18-9-5-2-6-10-18/h1-14H. The Morgan fingerprint density at radius 2 is 1.12 bits per heavy atom. The first kappa shape index (κ1) is 17.3. The summed E-state index contributed by atoms with van der Waals surface area (Å²) in [5.41, 5.74) is -0.783. The molecule has 0 aliphatic rings. The summed E-state index contributed by atoms with van der Waals surface area (Å²) < 4.78 is 57.4. The van der Waals surface area contributed by atoms with E-state index in [1.807, 2.05) is 0 Å². The Hall–Kier alpha value is -2.52. The van der Waals surface area contributed by atoms with E-state index in [0.29, 0.717) is 10.6 Å². The van der Waals surface area contributed by atoms with E-state index in [-0.39, 0.29) is 5.75 Å². The van der Waals surface area contributed by atoms with Crippen LogP contribution in [0.4, 0.5) is 13.2 Å². The van der Waals surface area contributed by atoms with Crippen LogP contribution in [-0.4, -0.2) is 0 Å². The molecule has 0 fully saturated rings. The summed E-state index contributed by atoms with van der Waals surface area (Å²) >= 11 is 0. The first-order chi connectivity index (χ1) is 11.9. The van der Waals surface area contributed by atoms with Crippen LogP contribution in [0.15, 0.2) is 84.9 Å². The van der Waals surface area contributed by atoms with Crippen LogP contribution < -0.4 is 15.1 Å². The third-order valence-corrected chi connectivity index (χ3v) is 6.03. The molecule has 0 aromatic heterocycles. The fraction of sp³-hybridized carbons (Fsp3) is 0.0526. The monoisotopic (exact) mass is 362 g/mol. The van der Waals surface area contributed by atoms with Crippen molar-refractivity contribution in [2.75, 3.05) is 0 Å². The minimum atomic E-state index is -4.43. The molecule has 0 radical (unpaired) electrons. The van der Waals surface area contributed by atoms with Gasteiger partial charge in [-0.1, -0.05) is 36.4 Å². The first-order valence-electron chi connectivity index (χ1n) is 7.48. The summed E-state index contributed by atoms with van der Waals surface area (Å²) in [4.78, 5) is 0. The molecule has 3 rings (SSSR count). The largest absolute Gasteiger partial charge is 0.437 e. The maximum atomic E-state index is 13.6. The maximum Gasteiger partial charge on any atom is 0.416 e. The Morgan fingerprint density at radius 3 is 1.52 bits per heavy atom. The van der Waals surface area contributed by atoms with Gasteiger partial charge in [-0.2, -0.15) is 13.2 Å². The summed E-state index contributed by atoms with van der Waals surface area (Å²) in [7, 11) is -3.48. The molecule has 0 atom stereocenters. The molecule has 0 aliphatic carbocycles. The third-order valence-electron chi connectivity index (χ3n) is 3.61. The van der Waals surface area contributed by atoms with E-state index in [1.165, 1.54) is 12.1 Å². The van der Waals surface area contributed by atoms with Crippen LogP contribution in [0.1, 0.15) is 5.56 Å². The second-order valence-electron chi connectivity index (χ2n) is 5.34. The van der Waals surface area contributed by atoms with E-state index in [9.17, 15) is 17.7 Å². The van der Waals surface area contributed by atoms with Crippen LogP contribution in [0.25, 0.3) is 0 Å². The van der Waals surface area contributed by atoms with Crippen molar-refractivity contribution >= 4 is 18.0 Å². The molecular weight excluding hydrogens is 348 g/mol. The normalized spacial score (nSPS) is 12.0. The Balaban J connectivity index is 2.01. The lowest BCUT2D eigenvalue weighted by atomic mass is 10.2. The first-order valence-corrected chi connectivity index (χ1v) is 9.10. The Labute approximate surface area is 143 Å². The van der Waals surface area contributed by atoms with Crippen LogP contribution >= 0.6 is 7.37 Å². The maximum absolute atomic E-state index is 13.6. The Bertz CT molecular complexity index is 833. The molecule has 128 valence electrons. The molecular formula is C19H14F3O2P. The van der Waals surface area contributed by atoms with Crippen molar-refractivity contribution in [2.24, 2.45) is 0 Å². The van der Waals surface area contributed by atoms with Crippen LogP contribution in [0.2, 0.25) is 0 Å². The van der Waals surface area contributed by atoms with Gasteiger partial charge in [0.15, 0.2) is 0 Å². The van der Waals surface area contributed by atoms with Gasteiger partial charge in [-0.3, -0.25) is 4.57 Å². The van der Waals surface area contributed by atoms with E-state index >= 15 is 0 Å². The van der Waals surface area contributed by atoms with Crippen LogP contribution in [0.5, 0.6) is 5.75 Å². The van der Waals surface area contributed by atoms with E-state index in [0.717, 1.165) is 12.1 Å². The van der Waals surface area contributed by atoms with Crippen molar-refractivity contribution in [2.45, 2.75) is 6.18 Å². The lowest BCUT2D eigenvalue weighted by Gasteiger charge is -2.20. The van der Waals surface area contributed by atoms with Crippen LogP contribution in [0, 0.1) is 0 Å². The van der Waals surface area contributed by atoms with Gasteiger partial charge in [0.25, 0.3) is 0 Å². The zero-order valence-electron chi connectivity index (χ0n) is 13.0. The molecule has 0 aliphatic heterocycles. The van der Waals surface area contributed by atoms with Gasteiger partial charge in [-0.15, -0.1) is 0 Å². The van der Waals surface area contributed by atoms with Crippen molar-refractivity contribution in [3.05, 3.63) is 90.5 Å². The highest BCUT2D eigenvalue weighted by Crippen LogP contribution is 2.45. The van der Waals surface area contributed by atoms with Crippen molar-refractivity contribution in [3.63, 3.8) is 0 Å². The molecule has 0 saturated carbocycles. The molecule has 6 heteroatoms. The molecule has 0 bridgehead atoms. The summed E-state index contributed by atoms with van der Waals surface area (Å²) in [5, 5.41) is 0.946. The van der Waals surface area contributed by atoms with E-state index in [4.69, 9.17) is 4.52 Å². The number of hydrogen-bond acceptors (Lipinski definition) is 2. The number of hydrogen-bond donors (Lipinski definition) is 0. The molecule has 0 unspecified atom stereocenters. The van der Waals surface area contributed by atoms with Gasteiger partial charge in [0.1, 0.15) is 5.75 Å². The van der Waals surface area contributed by atoms with Gasteiger partial charge in [0.05, 0.1) is 16.2 Å². The summed E-state index contributed by atoms with van der Waals surface area (Å²) in [6.07, 6.45) is -4.43. The van der Waals surface area contributed by atoms with E-state index in [1.54, 1.807) is 60.7 Å². The highest BCUT2D eigenvalue weighted by Gasteiger charge is 2.32. The van der Waals surface area contributed by atoms with Gasteiger partial charge < -0.3 is 4.52 Å². The molecule has 2 nitrogen and oxygen atoms in total. The second-order valence-corrected chi connectivity index (χ2v) is 7.65. The fourth-order valence-electron chi connectivity index (χ4n) is 2.36. The summed E-state index contributed by atoms with van der Waals surface area (Å²) in [5.74, 6) is 0.115. The highest BCUT2D eigenvalue weighted by atomic mass is 31.2. The van der Waals surface area contributed by atoms with Gasteiger partial charge in [0.2, 0.25) is 0 Å². The van der Waals surface area contributed by atoms with Crippen molar-refractivity contribution in [1.29, 1.82) is 0 Å². The molecule has 0 amide bonds. The van der Waals surface area contributed by atoms with E-state index in [2.05, 4.69) is 0 Å². The topological polar surface area (TPSA) is 26.3 Å². The predicted molar refractivity (Wildman–Crippen MR) is 91.8 cm³/mol. The smallest absolute Gasteiger partial charge is 0.416 e. The van der Waals surface area contributed by atoms with E-state index < -0.39 is 19.1 Å². The lowest BCUT2D eigenvalue weighted by molar-refractivity contribution is -0.137. The number of halogens is 3. The molecule has 0 N–H and O–H groups in total. The summed E-state index contributed by atoms with van der Waals surface area (Å²) in [6.45, 7) is 0. The third kappa shape index (κ3) is 3.77.